The molecular weight excluding hydrogens is 276 g/mol. The highest BCUT2D eigenvalue weighted by Crippen LogP contribution is 2.20. The van der Waals surface area contributed by atoms with Crippen molar-refractivity contribution in [1.29, 1.82) is 0 Å². The van der Waals surface area contributed by atoms with Crippen LogP contribution in [0.2, 0.25) is 0 Å². The Morgan fingerprint density at radius 2 is 1.77 bits per heavy atom. The molecule has 0 bridgehead atoms. The molecule has 0 aromatic heterocycles. The van der Waals surface area contributed by atoms with Gasteiger partial charge in [-0.15, -0.1) is 0 Å². The number of nitrogens with one attached hydrogen (secondary N) is 2. The molecule has 4 nitrogen and oxygen atoms in total. The average molecular weight is 304 g/mol. The van der Waals surface area contributed by atoms with Crippen LogP contribution in [0.15, 0.2) is 30.3 Å². The smallest absolute Gasteiger partial charge is 0.407 e. The zero-order valence-electron chi connectivity index (χ0n) is 13.9. The Kier molecular flexibility index (Phi) is 5.83. The normalized spacial score (nSPS) is 22.1. The first-order valence-corrected chi connectivity index (χ1v) is 8.21. The molecule has 4 heteroatoms. The van der Waals surface area contributed by atoms with Crippen molar-refractivity contribution in [2.45, 2.75) is 70.7 Å². The van der Waals surface area contributed by atoms with Crippen LogP contribution in [0.1, 0.15) is 52.0 Å². The molecule has 0 spiro atoms. The van der Waals surface area contributed by atoms with Crippen LogP contribution in [0, 0.1) is 0 Å². The van der Waals surface area contributed by atoms with Crippen LogP contribution in [-0.2, 0) is 11.3 Å². The van der Waals surface area contributed by atoms with E-state index in [1.165, 1.54) is 12.0 Å². The molecule has 22 heavy (non-hydrogen) atoms. The lowest BCUT2D eigenvalue weighted by Crippen LogP contribution is -2.52. The lowest BCUT2D eigenvalue weighted by atomic mass is 9.90. The number of carbonyl (C=O) groups is 1. The summed E-state index contributed by atoms with van der Waals surface area (Å²) in [4.78, 5) is 12.0. The molecule has 0 heterocycles. The Balaban J connectivity index is 1.86. The number of alkyl carbamates (subject to hydrolysis) is 1. The summed E-state index contributed by atoms with van der Waals surface area (Å²) in [6.07, 6.45) is 4.15. The van der Waals surface area contributed by atoms with Gasteiger partial charge < -0.3 is 15.4 Å². The zero-order valence-corrected chi connectivity index (χ0v) is 13.9. The van der Waals surface area contributed by atoms with Gasteiger partial charge in [0.1, 0.15) is 5.60 Å². The van der Waals surface area contributed by atoms with Crippen molar-refractivity contribution in [3.8, 4) is 0 Å². The molecule has 1 amide bonds. The highest BCUT2D eigenvalue weighted by molar-refractivity contribution is 5.68. The number of rotatable bonds is 4. The maximum absolute atomic E-state index is 12.0. The van der Waals surface area contributed by atoms with Crippen molar-refractivity contribution in [3.63, 3.8) is 0 Å². The molecule has 1 saturated carbocycles. The molecule has 1 aliphatic carbocycles. The molecule has 1 aliphatic rings. The third kappa shape index (κ3) is 5.68. The van der Waals surface area contributed by atoms with E-state index in [1.54, 1.807) is 0 Å². The van der Waals surface area contributed by atoms with E-state index in [2.05, 4.69) is 22.8 Å². The third-order valence-corrected chi connectivity index (χ3v) is 3.88. The highest BCUT2D eigenvalue weighted by Gasteiger charge is 2.27. The molecule has 1 aromatic carbocycles. The molecule has 2 N–H and O–H groups in total. The molecule has 2 atom stereocenters. The van der Waals surface area contributed by atoms with Crippen LogP contribution in [0.25, 0.3) is 0 Å². The van der Waals surface area contributed by atoms with Gasteiger partial charge in [-0.3, -0.25) is 0 Å². The topological polar surface area (TPSA) is 50.4 Å². The maximum Gasteiger partial charge on any atom is 0.407 e. The summed E-state index contributed by atoms with van der Waals surface area (Å²) >= 11 is 0. The molecule has 0 aliphatic heterocycles. The number of ether oxygens (including phenoxy) is 1. The van der Waals surface area contributed by atoms with Crippen LogP contribution in [-0.4, -0.2) is 23.8 Å². The van der Waals surface area contributed by atoms with Gasteiger partial charge in [-0.2, -0.15) is 0 Å². The van der Waals surface area contributed by atoms with E-state index in [4.69, 9.17) is 4.74 Å². The van der Waals surface area contributed by atoms with Crippen molar-refractivity contribution in [1.82, 2.24) is 10.6 Å². The van der Waals surface area contributed by atoms with E-state index >= 15 is 0 Å². The summed E-state index contributed by atoms with van der Waals surface area (Å²) < 4.78 is 5.37. The maximum atomic E-state index is 12.0. The van der Waals surface area contributed by atoms with Crippen LogP contribution < -0.4 is 10.6 Å². The van der Waals surface area contributed by atoms with Crippen molar-refractivity contribution >= 4 is 6.09 Å². The SMILES string of the molecule is CC(C)(C)OC(=O)N[C@@H]1CCCC[C@H]1NCc1ccccc1. The second-order valence-electron chi connectivity index (χ2n) is 7.01. The molecule has 0 radical (unpaired) electrons. The summed E-state index contributed by atoms with van der Waals surface area (Å²) in [7, 11) is 0. The summed E-state index contributed by atoms with van der Waals surface area (Å²) in [5.41, 5.74) is 0.815. The van der Waals surface area contributed by atoms with E-state index in [9.17, 15) is 4.79 Å². The van der Waals surface area contributed by atoms with Gasteiger partial charge in [0, 0.05) is 18.6 Å². The first-order chi connectivity index (χ1) is 10.4. The second kappa shape index (κ2) is 7.63. The highest BCUT2D eigenvalue weighted by atomic mass is 16.6. The van der Waals surface area contributed by atoms with Gasteiger partial charge in [0.25, 0.3) is 0 Å². The van der Waals surface area contributed by atoms with Crippen LogP contribution in [0.5, 0.6) is 0 Å². The Labute approximate surface area is 133 Å². The predicted molar refractivity (Wildman–Crippen MR) is 88.7 cm³/mol. The number of carbonyl (C=O) groups excluding carboxylic acids is 1. The number of benzene rings is 1. The van der Waals surface area contributed by atoms with Crippen molar-refractivity contribution in [2.75, 3.05) is 0 Å². The van der Waals surface area contributed by atoms with Gasteiger partial charge in [0.05, 0.1) is 0 Å². The molecule has 0 saturated heterocycles. The summed E-state index contributed by atoms with van der Waals surface area (Å²) in [5, 5.41) is 6.62. The van der Waals surface area contributed by atoms with Gasteiger partial charge >= 0.3 is 6.09 Å². The van der Waals surface area contributed by atoms with Gasteiger partial charge in [0.15, 0.2) is 0 Å². The van der Waals surface area contributed by atoms with Crippen LogP contribution in [0.4, 0.5) is 4.79 Å². The minimum atomic E-state index is -0.453. The molecule has 122 valence electrons. The molecular formula is C18H28N2O2. The molecule has 2 rings (SSSR count). The minimum absolute atomic E-state index is 0.146. The summed E-state index contributed by atoms with van der Waals surface area (Å²) in [5.74, 6) is 0. The van der Waals surface area contributed by atoms with Gasteiger partial charge in [0.2, 0.25) is 0 Å². The standard InChI is InChI=1S/C18H28N2O2/c1-18(2,3)22-17(21)20-16-12-8-7-11-15(16)19-13-14-9-5-4-6-10-14/h4-6,9-10,15-16,19H,7-8,11-13H2,1-3H3,(H,20,21)/t15-,16-/m1/s1. The fourth-order valence-electron chi connectivity index (χ4n) is 2.85. The van der Waals surface area contributed by atoms with Gasteiger partial charge in [-0.1, -0.05) is 43.2 Å². The summed E-state index contributed by atoms with van der Waals surface area (Å²) in [6, 6.07) is 10.8. The van der Waals surface area contributed by atoms with E-state index in [0.717, 1.165) is 25.8 Å². The van der Waals surface area contributed by atoms with Crippen LogP contribution in [0.3, 0.4) is 0 Å². The number of hydrogen-bond acceptors (Lipinski definition) is 3. The Bertz CT molecular complexity index is 468. The van der Waals surface area contributed by atoms with E-state index in [0.29, 0.717) is 6.04 Å². The molecule has 0 unspecified atom stereocenters. The molecule has 1 aromatic rings. The average Bonchev–Trinajstić information content (AvgIpc) is 2.45. The number of amides is 1. The zero-order chi connectivity index (χ0) is 16.0. The first kappa shape index (κ1) is 16.8. The second-order valence-corrected chi connectivity index (χ2v) is 7.01. The van der Waals surface area contributed by atoms with Crippen LogP contribution >= 0.6 is 0 Å². The Hall–Kier alpha value is -1.55. The lowest BCUT2D eigenvalue weighted by Gasteiger charge is -2.33. The largest absolute Gasteiger partial charge is 0.444 e. The Morgan fingerprint density at radius 3 is 2.41 bits per heavy atom. The number of hydrogen-bond donors (Lipinski definition) is 2. The Morgan fingerprint density at radius 1 is 1.14 bits per heavy atom. The van der Waals surface area contributed by atoms with E-state index in [-0.39, 0.29) is 12.1 Å². The minimum Gasteiger partial charge on any atom is -0.444 e. The van der Waals surface area contributed by atoms with Gasteiger partial charge in [-0.25, -0.2) is 4.79 Å². The quantitative estimate of drug-likeness (QED) is 0.893. The van der Waals surface area contributed by atoms with Crippen molar-refractivity contribution in [2.24, 2.45) is 0 Å². The fourth-order valence-corrected chi connectivity index (χ4v) is 2.85. The van der Waals surface area contributed by atoms with Gasteiger partial charge in [-0.05, 0) is 39.2 Å². The monoisotopic (exact) mass is 304 g/mol. The first-order valence-electron chi connectivity index (χ1n) is 8.21. The fraction of sp³-hybridized carbons (Fsp3) is 0.611. The lowest BCUT2D eigenvalue weighted by molar-refractivity contribution is 0.0479. The predicted octanol–water partition coefficient (Wildman–Crippen LogP) is 3.61. The van der Waals surface area contributed by atoms with Crippen molar-refractivity contribution in [3.05, 3.63) is 35.9 Å². The summed E-state index contributed by atoms with van der Waals surface area (Å²) in [6.45, 7) is 6.49. The molecule has 1 fully saturated rings. The van der Waals surface area contributed by atoms with E-state index < -0.39 is 5.60 Å². The van der Waals surface area contributed by atoms with E-state index in [1.807, 2.05) is 39.0 Å². The third-order valence-electron chi connectivity index (χ3n) is 3.88. The van der Waals surface area contributed by atoms with Crippen molar-refractivity contribution < 1.29 is 9.53 Å².